The molecule has 90 valence electrons. The van der Waals surface area contributed by atoms with Crippen LogP contribution < -0.4 is 5.73 Å². The van der Waals surface area contributed by atoms with Gasteiger partial charge in [0.15, 0.2) is 0 Å². The van der Waals surface area contributed by atoms with Gasteiger partial charge >= 0.3 is 0 Å². The number of benzene rings is 1. The van der Waals surface area contributed by atoms with Crippen LogP contribution in [0.3, 0.4) is 0 Å². The van der Waals surface area contributed by atoms with Gasteiger partial charge in [0.25, 0.3) is 0 Å². The third-order valence-electron chi connectivity index (χ3n) is 2.37. The van der Waals surface area contributed by atoms with E-state index in [1.165, 1.54) is 23.5 Å². The molecule has 0 amide bonds. The zero-order chi connectivity index (χ0) is 12.3. The molecule has 0 aliphatic heterocycles. The van der Waals surface area contributed by atoms with Gasteiger partial charge in [-0.05, 0) is 30.5 Å². The van der Waals surface area contributed by atoms with Gasteiger partial charge in [-0.15, -0.1) is 11.3 Å². The van der Waals surface area contributed by atoms with Crippen molar-refractivity contribution in [2.24, 2.45) is 5.73 Å². The van der Waals surface area contributed by atoms with E-state index >= 15 is 0 Å². The fourth-order valence-corrected chi connectivity index (χ4v) is 2.39. The van der Waals surface area contributed by atoms with E-state index < -0.39 is 11.6 Å². The van der Waals surface area contributed by atoms with E-state index in [9.17, 15) is 8.78 Å². The number of hydrogen-bond donors (Lipinski definition) is 1. The fraction of sp³-hybridized carbons (Fsp3) is 0.250. The molecule has 2 N–H and O–H groups in total. The van der Waals surface area contributed by atoms with Crippen molar-refractivity contribution < 1.29 is 8.78 Å². The molecule has 0 aliphatic carbocycles. The van der Waals surface area contributed by atoms with Crippen LogP contribution in [0.25, 0.3) is 0 Å². The van der Waals surface area contributed by atoms with E-state index in [1.807, 2.05) is 0 Å². The van der Waals surface area contributed by atoms with Gasteiger partial charge in [-0.3, -0.25) is 4.98 Å². The summed E-state index contributed by atoms with van der Waals surface area (Å²) in [6.07, 6.45) is 2.88. The number of hydrogen-bond acceptors (Lipinski definition) is 3. The molecule has 0 saturated heterocycles. The molecule has 1 atom stereocenters. The van der Waals surface area contributed by atoms with E-state index in [-0.39, 0.29) is 6.04 Å². The maximum absolute atomic E-state index is 13.0. The molecule has 0 bridgehead atoms. The summed E-state index contributed by atoms with van der Waals surface area (Å²) in [4.78, 5) is 5.03. The van der Waals surface area contributed by atoms with Crippen LogP contribution in [0.4, 0.5) is 8.78 Å². The molecule has 0 spiro atoms. The van der Waals surface area contributed by atoms with Crippen molar-refractivity contribution in [3.63, 3.8) is 0 Å². The lowest BCUT2D eigenvalue weighted by Crippen LogP contribution is -2.25. The Balaban J connectivity index is 2.00. The lowest BCUT2D eigenvalue weighted by atomic mass is 10.0. The van der Waals surface area contributed by atoms with Crippen LogP contribution in [0, 0.1) is 11.6 Å². The average Bonchev–Trinajstić information content (AvgIpc) is 2.67. The van der Waals surface area contributed by atoms with Crippen LogP contribution in [0.15, 0.2) is 29.9 Å². The third-order valence-corrected chi connectivity index (χ3v) is 3.17. The first-order valence-corrected chi connectivity index (χ1v) is 6.09. The molecule has 0 aliphatic rings. The second-order valence-corrected chi connectivity index (χ2v) is 4.88. The molecular formula is C12H12F2N2S. The van der Waals surface area contributed by atoms with Gasteiger partial charge in [0.05, 0.1) is 5.51 Å². The Hall–Kier alpha value is -1.33. The quantitative estimate of drug-likeness (QED) is 0.910. The molecule has 0 saturated carbocycles. The Labute approximate surface area is 102 Å². The van der Waals surface area contributed by atoms with Crippen LogP contribution in [0.1, 0.15) is 10.4 Å². The predicted molar refractivity (Wildman–Crippen MR) is 63.9 cm³/mol. The molecule has 0 radical (unpaired) electrons. The van der Waals surface area contributed by atoms with E-state index in [0.29, 0.717) is 18.4 Å². The van der Waals surface area contributed by atoms with Gasteiger partial charge < -0.3 is 5.73 Å². The SMILES string of the molecule is NC(Cc1cc(F)cc(F)c1)Cc1cncs1. The van der Waals surface area contributed by atoms with Gasteiger partial charge in [-0.1, -0.05) is 0 Å². The van der Waals surface area contributed by atoms with Gasteiger partial charge in [-0.25, -0.2) is 8.78 Å². The van der Waals surface area contributed by atoms with Gasteiger partial charge in [0, 0.05) is 23.2 Å². The minimum atomic E-state index is -0.565. The number of nitrogens with two attached hydrogens (primary N) is 1. The highest BCUT2D eigenvalue weighted by atomic mass is 32.1. The largest absolute Gasteiger partial charge is 0.327 e. The Morgan fingerprint density at radius 1 is 1.18 bits per heavy atom. The standard InChI is InChI=1S/C12H12F2N2S/c13-9-1-8(2-10(14)4-9)3-11(15)5-12-6-16-7-17-12/h1-2,4,6-7,11H,3,5,15H2. The molecule has 1 aromatic carbocycles. The van der Waals surface area contributed by atoms with E-state index in [2.05, 4.69) is 4.98 Å². The minimum Gasteiger partial charge on any atom is -0.327 e. The number of nitrogens with zero attached hydrogens (tertiary/aromatic N) is 1. The van der Waals surface area contributed by atoms with Crippen LogP contribution in [0.2, 0.25) is 0 Å². The van der Waals surface area contributed by atoms with Gasteiger partial charge in [0.2, 0.25) is 0 Å². The van der Waals surface area contributed by atoms with Gasteiger partial charge in [-0.2, -0.15) is 0 Å². The molecule has 0 fully saturated rings. The summed E-state index contributed by atoms with van der Waals surface area (Å²) in [5, 5.41) is 0. The average molecular weight is 254 g/mol. The van der Waals surface area contributed by atoms with Gasteiger partial charge in [0.1, 0.15) is 11.6 Å². The third kappa shape index (κ3) is 3.57. The van der Waals surface area contributed by atoms with Crippen molar-refractivity contribution in [3.05, 3.63) is 52.0 Å². The maximum atomic E-state index is 13.0. The topological polar surface area (TPSA) is 38.9 Å². The summed E-state index contributed by atoms with van der Waals surface area (Å²) in [6.45, 7) is 0. The maximum Gasteiger partial charge on any atom is 0.126 e. The summed E-state index contributed by atoms with van der Waals surface area (Å²) in [5.41, 5.74) is 8.25. The molecule has 1 heterocycles. The highest BCUT2D eigenvalue weighted by Crippen LogP contribution is 2.13. The summed E-state index contributed by atoms with van der Waals surface area (Å²) < 4.78 is 25.9. The Morgan fingerprint density at radius 3 is 2.47 bits per heavy atom. The smallest absolute Gasteiger partial charge is 0.126 e. The lowest BCUT2D eigenvalue weighted by Gasteiger charge is -2.10. The number of rotatable bonds is 4. The highest BCUT2D eigenvalue weighted by Gasteiger charge is 2.08. The number of thiazole rings is 1. The van der Waals surface area contributed by atoms with Crippen molar-refractivity contribution >= 4 is 11.3 Å². The Kier molecular flexibility index (Phi) is 3.81. The second kappa shape index (κ2) is 5.33. The van der Waals surface area contributed by atoms with E-state index in [1.54, 1.807) is 11.7 Å². The lowest BCUT2D eigenvalue weighted by molar-refractivity contribution is 0.574. The Morgan fingerprint density at radius 2 is 1.88 bits per heavy atom. The van der Waals surface area contributed by atoms with Crippen LogP contribution in [-0.4, -0.2) is 11.0 Å². The summed E-state index contributed by atoms with van der Waals surface area (Å²) in [6, 6.07) is 3.33. The molecule has 1 unspecified atom stereocenters. The molecule has 1 aromatic heterocycles. The predicted octanol–water partition coefficient (Wildman–Crippen LogP) is 2.53. The van der Waals surface area contributed by atoms with Crippen LogP contribution >= 0.6 is 11.3 Å². The van der Waals surface area contributed by atoms with Crippen molar-refractivity contribution in [2.75, 3.05) is 0 Å². The number of halogens is 2. The molecular weight excluding hydrogens is 242 g/mol. The van der Waals surface area contributed by atoms with E-state index in [0.717, 1.165) is 10.9 Å². The molecule has 2 nitrogen and oxygen atoms in total. The Bertz CT molecular complexity index is 465. The zero-order valence-corrected chi connectivity index (χ0v) is 9.88. The second-order valence-electron chi connectivity index (χ2n) is 3.91. The molecule has 17 heavy (non-hydrogen) atoms. The minimum absolute atomic E-state index is 0.156. The molecule has 2 rings (SSSR count). The van der Waals surface area contributed by atoms with Crippen molar-refractivity contribution in [2.45, 2.75) is 18.9 Å². The molecule has 2 aromatic rings. The van der Waals surface area contributed by atoms with Crippen molar-refractivity contribution in [1.29, 1.82) is 0 Å². The van der Waals surface area contributed by atoms with Crippen LogP contribution in [0.5, 0.6) is 0 Å². The first-order valence-electron chi connectivity index (χ1n) is 5.21. The van der Waals surface area contributed by atoms with Crippen molar-refractivity contribution in [1.82, 2.24) is 4.98 Å². The first kappa shape index (κ1) is 12.1. The zero-order valence-electron chi connectivity index (χ0n) is 9.07. The highest BCUT2D eigenvalue weighted by molar-refractivity contribution is 7.09. The fourth-order valence-electron chi connectivity index (χ4n) is 1.71. The normalized spacial score (nSPS) is 12.6. The molecule has 5 heteroatoms. The summed E-state index contributed by atoms with van der Waals surface area (Å²) in [5.74, 6) is -1.13. The summed E-state index contributed by atoms with van der Waals surface area (Å²) >= 11 is 1.53. The van der Waals surface area contributed by atoms with Crippen LogP contribution in [-0.2, 0) is 12.8 Å². The monoisotopic (exact) mass is 254 g/mol. The number of aromatic nitrogens is 1. The summed E-state index contributed by atoms with van der Waals surface area (Å²) in [7, 11) is 0. The van der Waals surface area contributed by atoms with E-state index in [4.69, 9.17) is 5.73 Å². The van der Waals surface area contributed by atoms with Crippen molar-refractivity contribution in [3.8, 4) is 0 Å². The first-order chi connectivity index (χ1) is 8.13.